The first-order valence-electron chi connectivity index (χ1n) is 7.00. The molecule has 1 fully saturated rings. The third-order valence-corrected chi connectivity index (χ3v) is 6.26. The van der Waals surface area contributed by atoms with E-state index in [-0.39, 0.29) is 11.3 Å². The van der Waals surface area contributed by atoms with Crippen molar-refractivity contribution in [3.05, 3.63) is 36.1 Å². The fraction of sp³-hybridized carbons (Fsp3) is 0.467. The first-order chi connectivity index (χ1) is 9.56. The van der Waals surface area contributed by atoms with Crippen molar-refractivity contribution in [1.29, 1.82) is 0 Å². The minimum atomic E-state index is -2.88. The van der Waals surface area contributed by atoms with Crippen LogP contribution in [0.3, 0.4) is 0 Å². The summed E-state index contributed by atoms with van der Waals surface area (Å²) < 4.78 is 29.4. The molecule has 0 radical (unpaired) electrons. The van der Waals surface area contributed by atoms with Gasteiger partial charge in [0.15, 0.2) is 9.84 Å². The predicted octanol–water partition coefficient (Wildman–Crippen LogP) is 2.66. The van der Waals surface area contributed by atoms with E-state index in [0.717, 1.165) is 29.6 Å². The largest absolute Gasteiger partial charge is 0.459 e. The average molecular weight is 293 g/mol. The van der Waals surface area contributed by atoms with Gasteiger partial charge in [0.05, 0.1) is 17.0 Å². The van der Waals surface area contributed by atoms with Crippen molar-refractivity contribution in [3.63, 3.8) is 0 Å². The lowest BCUT2D eigenvalue weighted by atomic mass is 10.2. The van der Waals surface area contributed by atoms with Gasteiger partial charge in [-0.05, 0) is 31.9 Å². The van der Waals surface area contributed by atoms with Crippen LogP contribution in [0.5, 0.6) is 0 Å². The quantitative estimate of drug-likeness (QED) is 0.941. The van der Waals surface area contributed by atoms with Crippen LogP contribution >= 0.6 is 0 Å². The van der Waals surface area contributed by atoms with Crippen LogP contribution in [0.2, 0.25) is 0 Å². The van der Waals surface area contributed by atoms with E-state index in [2.05, 4.69) is 5.32 Å². The van der Waals surface area contributed by atoms with Crippen molar-refractivity contribution in [2.45, 2.75) is 31.1 Å². The molecule has 5 heteroatoms. The van der Waals surface area contributed by atoms with Crippen molar-refractivity contribution in [2.75, 3.05) is 12.3 Å². The highest BCUT2D eigenvalue weighted by atomic mass is 32.2. The molecule has 1 aliphatic rings. The Bertz CT molecular complexity index is 672. The fourth-order valence-electron chi connectivity index (χ4n) is 2.71. The van der Waals surface area contributed by atoms with Gasteiger partial charge in [0.1, 0.15) is 11.3 Å². The molecule has 0 saturated carbocycles. The molecule has 0 amide bonds. The van der Waals surface area contributed by atoms with Crippen LogP contribution in [0, 0.1) is 0 Å². The first kappa shape index (κ1) is 13.6. The number of hydrogen-bond donors (Lipinski definition) is 1. The first-order valence-corrected chi connectivity index (χ1v) is 8.71. The van der Waals surface area contributed by atoms with E-state index < -0.39 is 9.84 Å². The van der Waals surface area contributed by atoms with Crippen LogP contribution in [0.25, 0.3) is 11.0 Å². The van der Waals surface area contributed by atoms with Gasteiger partial charge in [-0.2, -0.15) is 0 Å². The molecule has 0 bridgehead atoms. The Balaban J connectivity index is 1.68. The number of para-hydroxylation sites is 1. The Morgan fingerprint density at radius 2 is 2.20 bits per heavy atom. The summed E-state index contributed by atoms with van der Waals surface area (Å²) in [5.41, 5.74) is 0.865. The van der Waals surface area contributed by atoms with Crippen LogP contribution in [-0.2, 0) is 9.84 Å². The van der Waals surface area contributed by atoms with Gasteiger partial charge in [-0.15, -0.1) is 0 Å². The monoisotopic (exact) mass is 293 g/mol. The summed E-state index contributed by atoms with van der Waals surface area (Å²) in [6.45, 7) is 2.50. The molecule has 1 aliphatic heterocycles. The molecule has 3 rings (SSSR count). The molecule has 1 aromatic carbocycles. The number of rotatable bonds is 4. The minimum absolute atomic E-state index is 0.0122. The normalized spacial score (nSPS) is 23.1. The van der Waals surface area contributed by atoms with E-state index in [9.17, 15) is 8.42 Å². The van der Waals surface area contributed by atoms with Crippen molar-refractivity contribution in [2.24, 2.45) is 0 Å². The lowest BCUT2D eigenvalue weighted by Crippen LogP contribution is -2.32. The number of sulfone groups is 1. The molecular formula is C15H19NO3S. The molecule has 1 saturated heterocycles. The summed E-state index contributed by atoms with van der Waals surface area (Å²) in [4.78, 5) is 0. The Morgan fingerprint density at radius 1 is 1.40 bits per heavy atom. The summed E-state index contributed by atoms with van der Waals surface area (Å²) in [6.07, 6.45) is 1.55. The predicted molar refractivity (Wildman–Crippen MR) is 79.4 cm³/mol. The van der Waals surface area contributed by atoms with Crippen LogP contribution in [-0.4, -0.2) is 26.0 Å². The van der Waals surface area contributed by atoms with Crippen LogP contribution in [0.4, 0.5) is 0 Å². The summed E-state index contributed by atoms with van der Waals surface area (Å²) in [5, 5.41) is 4.12. The third-order valence-electron chi connectivity index (χ3n) is 3.99. The van der Waals surface area contributed by atoms with Gasteiger partial charge < -0.3 is 9.73 Å². The fourth-order valence-corrected chi connectivity index (χ4v) is 4.49. The van der Waals surface area contributed by atoms with Gasteiger partial charge in [0.25, 0.3) is 0 Å². The second-order valence-corrected chi connectivity index (χ2v) is 7.85. The SMILES string of the molecule is CC(NCC1CCCS1(=O)=O)c1cc2ccccc2o1. The number of nitrogens with one attached hydrogen (secondary N) is 1. The Labute approximate surface area is 119 Å². The maximum absolute atomic E-state index is 11.8. The van der Waals surface area contributed by atoms with Gasteiger partial charge in [-0.1, -0.05) is 18.2 Å². The van der Waals surface area contributed by atoms with Crippen molar-refractivity contribution in [3.8, 4) is 0 Å². The molecule has 1 N–H and O–H groups in total. The Hall–Kier alpha value is -1.33. The smallest absolute Gasteiger partial charge is 0.154 e. The molecule has 108 valence electrons. The van der Waals surface area contributed by atoms with Gasteiger partial charge >= 0.3 is 0 Å². The van der Waals surface area contributed by atoms with E-state index in [1.807, 2.05) is 37.3 Å². The number of fused-ring (bicyclic) bond motifs is 1. The highest BCUT2D eigenvalue weighted by molar-refractivity contribution is 7.92. The van der Waals surface area contributed by atoms with E-state index >= 15 is 0 Å². The van der Waals surface area contributed by atoms with Crippen molar-refractivity contribution < 1.29 is 12.8 Å². The summed E-state index contributed by atoms with van der Waals surface area (Å²) in [5.74, 6) is 1.18. The van der Waals surface area contributed by atoms with Gasteiger partial charge in [-0.25, -0.2) is 8.42 Å². The summed E-state index contributed by atoms with van der Waals surface area (Å²) >= 11 is 0. The number of furan rings is 1. The summed E-state index contributed by atoms with van der Waals surface area (Å²) in [6, 6.07) is 9.89. The van der Waals surface area contributed by atoms with Crippen LogP contribution in [0.1, 0.15) is 31.6 Å². The molecule has 0 spiro atoms. The molecular weight excluding hydrogens is 274 g/mol. The zero-order valence-electron chi connectivity index (χ0n) is 11.5. The number of benzene rings is 1. The summed E-state index contributed by atoms with van der Waals surface area (Å²) in [7, 11) is -2.88. The van der Waals surface area contributed by atoms with Crippen molar-refractivity contribution in [1.82, 2.24) is 5.32 Å². The zero-order chi connectivity index (χ0) is 14.2. The highest BCUT2D eigenvalue weighted by Gasteiger charge is 2.31. The number of hydrogen-bond acceptors (Lipinski definition) is 4. The molecule has 2 heterocycles. The van der Waals surface area contributed by atoms with Crippen LogP contribution in [0.15, 0.2) is 34.7 Å². The molecule has 2 unspecified atom stereocenters. The molecule has 2 atom stereocenters. The maximum atomic E-state index is 11.8. The molecule has 1 aromatic heterocycles. The van der Waals surface area contributed by atoms with E-state index in [1.165, 1.54) is 0 Å². The van der Waals surface area contributed by atoms with E-state index in [1.54, 1.807) is 0 Å². The highest BCUT2D eigenvalue weighted by Crippen LogP contribution is 2.24. The average Bonchev–Trinajstić information content (AvgIpc) is 2.98. The van der Waals surface area contributed by atoms with E-state index in [4.69, 9.17) is 4.42 Å². The Morgan fingerprint density at radius 3 is 2.90 bits per heavy atom. The minimum Gasteiger partial charge on any atom is -0.459 e. The topological polar surface area (TPSA) is 59.3 Å². The van der Waals surface area contributed by atoms with Crippen LogP contribution < -0.4 is 5.32 Å². The lowest BCUT2D eigenvalue weighted by molar-refractivity contribution is 0.447. The van der Waals surface area contributed by atoms with Crippen molar-refractivity contribution >= 4 is 20.8 Å². The maximum Gasteiger partial charge on any atom is 0.154 e. The molecule has 0 aliphatic carbocycles. The van der Waals surface area contributed by atoms with Gasteiger partial charge in [0.2, 0.25) is 0 Å². The third kappa shape index (κ3) is 2.60. The van der Waals surface area contributed by atoms with Gasteiger partial charge in [0, 0.05) is 11.9 Å². The molecule has 2 aromatic rings. The van der Waals surface area contributed by atoms with Gasteiger partial charge in [-0.3, -0.25) is 0 Å². The molecule has 4 nitrogen and oxygen atoms in total. The lowest BCUT2D eigenvalue weighted by Gasteiger charge is -2.15. The standard InChI is InChI=1S/C15H19NO3S/c1-11(16-10-13-6-4-8-20(13,17)18)15-9-12-5-2-3-7-14(12)19-15/h2-3,5,7,9,11,13,16H,4,6,8,10H2,1H3. The Kier molecular flexibility index (Phi) is 3.56. The molecule has 20 heavy (non-hydrogen) atoms. The zero-order valence-corrected chi connectivity index (χ0v) is 12.3. The second-order valence-electron chi connectivity index (χ2n) is 5.45. The van der Waals surface area contributed by atoms with E-state index in [0.29, 0.717) is 12.3 Å². The second kappa shape index (κ2) is 5.22.